The van der Waals surface area contributed by atoms with Gasteiger partial charge in [-0.2, -0.15) is 0 Å². The summed E-state index contributed by atoms with van der Waals surface area (Å²) < 4.78 is 34.2. The molecule has 0 bridgehead atoms. The lowest BCUT2D eigenvalue weighted by Gasteiger charge is -2.39. The lowest BCUT2D eigenvalue weighted by molar-refractivity contribution is 0.119. The first-order chi connectivity index (χ1) is 10.7. The average molecular weight is 347 g/mol. The van der Waals surface area contributed by atoms with Crippen molar-refractivity contribution in [3.8, 4) is 5.75 Å². The summed E-state index contributed by atoms with van der Waals surface area (Å²) in [5, 5.41) is 3.31. The molecule has 0 radical (unpaired) electrons. The highest BCUT2D eigenvalue weighted by Gasteiger charge is 2.35. The molecule has 2 aliphatic rings. The largest absolute Gasteiger partial charge is 0.497 e. The highest BCUT2D eigenvalue weighted by Crippen LogP contribution is 2.42. The number of methoxy groups -OCH3 is 1. The fraction of sp³-hybridized carbons (Fsp3) is 0.647. The van der Waals surface area contributed by atoms with E-state index in [1.54, 1.807) is 0 Å². The third kappa shape index (κ3) is 3.95. The second kappa shape index (κ2) is 8.27. The first kappa shape index (κ1) is 18.4. The molecule has 1 atom stereocenters. The summed E-state index contributed by atoms with van der Waals surface area (Å²) in [7, 11) is 1.43. The smallest absolute Gasteiger partial charge is 0.134 e. The van der Waals surface area contributed by atoms with Crippen molar-refractivity contribution in [2.45, 2.75) is 31.7 Å². The number of benzene rings is 1. The molecule has 0 spiro atoms. The predicted molar refractivity (Wildman–Crippen MR) is 89.3 cm³/mol. The van der Waals surface area contributed by atoms with Crippen LogP contribution in [0.25, 0.3) is 0 Å². The van der Waals surface area contributed by atoms with Gasteiger partial charge in [0.2, 0.25) is 0 Å². The quantitative estimate of drug-likeness (QED) is 0.902. The molecule has 130 valence electrons. The minimum absolute atomic E-state index is 0. The maximum absolute atomic E-state index is 14.6. The van der Waals surface area contributed by atoms with E-state index in [1.165, 1.54) is 19.2 Å². The Labute approximate surface area is 142 Å². The van der Waals surface area contributed by atoms with Gasteiger partial charge in [-0.1, -0.05) is 12.8 Å². The summed E-state index contributed by atoms with van der Waals surface area (Å²) in [4.78, 5) is 2.25. The normalized spacial score (nSPS) is 21.0. The van der Waals surface area contributed by atoms with E-state index in [9.17, 15) is 8.78 Å². The molecule has 23 heavy (non-hydrogen) atoms. The summed E-state index contributed by atoms with van der Waals surface area (Å²) in [5.74, 6) is -0.376. The van der Waals surface area contributed by atoms with E-state index in [2.05, 4.69) is 10.2 Å². The zero-order valence-corrected chi connectivity index (χ0v) is 14.3. The standard InChI is InChI=1S/C17H24F2N2O.ClH/c1-22-13-10-14(18)16(15(19)11-13)17(12-4-2-3-5-12)21-8-6-20-7-9-21;/h10-12,17,20H,2-9H2,1H3;1H/t17-;/m0./s1. The Balaban J connectivity index is 0.00000192. The minimum atomic E-state index is -0.479. The van der Waals surface area contributed by atoms with E-state index in [0.717, 1.165) is 51.9 Å². The average Bonchev–Trinajstić information content (AvgIpc) is 3.05. The number of hydrogen-bond donors (Lipinski definition) is 1. The first-order valence-electron chi connectivity index (χ1n) is 8.18. The van der Waals surface area contributed by atoms with Crippen LogP contribution in [0.4, 0.5) is 8.78 Å². The third-order valence-corrected chi connectivity index (χ3v) is 4.98. The highest BCUT2D eigenvalue weighted by molar-refractivity contribution is 5.85. The lowest BCUT2D eigenvalue weighted by atomic mass is 9.89. The molecule has 3 rings (SSSR count). The van der Waals surface area contributed by atoms with Crippen LogP contribution in [-0.4, -0.2) is 38.2 Å². The van der Waals surface area contributed by atoms with Crippen molar-refractivity contribution in [3.63, 3.8) is 0 Å². The van der Waals surface area contributed by atoms with Crippen LogP contribution in [0.3, 0.4) is 0 Å². The fourth-order valence-electron chi connectivity index (χ4n) is 3.91. The van der Waals surface area contributed by atoms with Gasteiger partial charge < -0.3 is 10.1 Å². The number of rotatable bonds is 4. The lowest BCUT2D eigenvalue weighted by Crippen LogP contribution is -2.47. The zero-order valence-electron chi connectivity index (χ0n) is 13.5. The fourth-order valence-corrected chi connectivity index (χ4v) is 3.91. The third-order valence-electron chi connectivity index (χ3n) is 4.98. The SMILES string of the molecule is COc1cc(F)c([C@H](C2CCCC2)N2CCNCC2)c(F)c1.Cl. The summed E-state index contributed by atoms with van der Waals surface area (Å²) >= 11 is 0. The molecule has 3 nitrogen and oxygen atoms in total. The molecule has 1 saturated carbocycles. The van der Waals surface area contributed by atoms with Crippen LogP contribution in [0.1, 0.15) is 37.3 Å². The number of ether oxygens (including phenoxy) is 1. The van der Waals surface area contributed by atoms with Crippen molar-refractivity contribution in [2.24, 2.45) is 5.92 Å². The number of hydrogen-bond acceptors (Lipinski definition) is 3. The second-order valence-electron chi connectivity index (χ2n) is 6.28. The molecule has 1 aromatic rings. The Morgan fingerprint density at radius 1 is 1.13 bits per heavy atom. The van der Waals surface area contributed by atoms with E-state index < -0.39 is 11.6 Å². The van der Waals surface area contributed by atoms with Crippen molar-refractivity contribution in [1.82, 2.24) is 10.2 Å². The Morgan fingerprint density at radius 2 is 1.70 bits per heavy atom. The van der Waals surface area contributed by atoms with Crippen molar-refractivity contribution >= 4 is 12.4 Å². The number of nitrogens with one attached hydrogen (secondary N) is 1. The van der Waals surface area contributed by atoms with Gasteiger partial charge in [-0.25, -0.2) is 8.78 Å². The van der Waals surface area contributed by atoms with Crippen LogP contribution in [0, 0.1) is 17.6 Å². The topological polar surface area (TPSA) is 24.5 Å². The second-order valence-corrected chi connectivity index (χ2v) is 6.28. The Kier molecular flexibility index (Phi) is 6.62. The van der Waals surface area contributed by atoms with E-state index in [4.69, 9.17) is 4.74 Å². The van der Waals surface area contributed by atoms with Gasteiger partial charge in [-0.3, -0.25) is 4.90 Å². The minimum Gasteiger partial charge on any atom is -0.497 e. The molecule has 0 aromatic heterocycles. The van der Waals surface area contributed by atoms with Gasteiger partial charge >= 0.3 is 0 Å². The first-order valence-corrected chi connectivity index (χ1v) is 8.18. The van der Waals surface area contributed by atoms with Crippen molar-refractivity contribution < 1.29 is 13.5 Å². The van der Waals surface area contributed by atoms with Crippen LogP contribution in [0.5, 0.6) is 5.75 Å². The van der Waals surface area contributed by atoms with Crippen LogP contribution < -0.4 is 10.1 Å². The van der Waals surface area contributed by atoms with Crippen LogP contribution >= 0.6 is 12.4 Å². The van der Waals surface area contributed by atoms with Crippen LogP contribution in [0.2, 0.25) is 0 Å². The van der Waals surface area contributed by atoms with Gasteiger partial charge in [-0.05, 0) is 18.8 Å². The molecule has 2 fully saturated rings. The number of piperazine rings is 1. The maximum atomic E-state index is 14.6. The highest BCUT2D eigenvalue weighted by atomic mass is 35.5. The molecule has 0 unspecified atom stereocenters. The summed E-state index contributed by atoms with van der Waals surface area (Å²) in [5.41, 5.74) is 0.231. The van der Waals surface area contributed by atoms with Crippen molar-refractivity contribution in [3.05, 3.63) is 29.3 Å². The van der Waals surface area contributed by atoms with Gasteiger partial charge in [0, 0.05) is 49.9 Å². The molecule has 1 saturated heterocycles. The molecule has 1 heterocycles. The van der Waals surface area contributed by atoms with Crippen LogP contribution in [0.15, 0.2) is 12.1 Å². The van der Waals surface area contributed by atoms with E-state index >= 15 is 0 Å². The molecule has 1 N–H and O–H groups in total. The van der Waals surface area contributed by atoms with Crippen molar-refractivity contribution in [2.75, 3.05) is 33.3 Å². The van der Waals surface area contributed by atoms with Gasteiger partial charge in [0.1, 0.15) is 17.4 Å². The summed E-state index contributed by atoms with van der Waals surface area (Å²) in [6, 6.07) is 2.46. The van der Waals surface area contributed by atoms with Gasteiger partial charge in [0.25, 0.3) is 0 Å². The Morgan fingerprint density at radius 3 is 2.22 bits per heavy atom. The van der Waals surface area contributed by atoms with Crippen molar-refractivity contribution in [1.29, 1.82) is 0 Å². The van der Waals surface area contributed by atoms with E-state index in [0.29, 0.717) is 5.92 Å². The molecule has 6 heteroatoms. The Hall–Kier alpha value is -0.910. The maximum Gasteiger partial charge on any atom is 0.134 e. The number of nitrogens with zero attached hydrogens (tertiary/aromatic N) is 1. The predicted octanol–water partition coefficient (Wildman–Crippen LogP) is 3.53. The molecule has 1 aromatic carbocycles. The van der Waals surface area contributed by atoms with Crippen LogP contribution in [-0.2, 0) is 0 Å². The molecular formula is C17H25ClF2N2O. The molecule has 1 aliphatic carbocycles. The monoisotopic (exact) mass is 346 g/mol. The van der Waals surface area contributed by atoms with E-state index in [-0.39, 0.29) is 29.8 Å². The summed E-state index contributed by atoms with van der Waals surface area (Å²) in [6.45, 7) is 3.43. The Bertz CT molecular complexity index is 494. The van der Waals surface area contributed by atoms with E-state index in [1.807, 2.05) is 0 Å². The number of halogens is 3. The van der Waals surface area contributed by atoms with Gasteiger partial charge in [0.05, 0.1) is 7.11 Å². The van der Waals surface area contributed by atoms with Gasteiger partial charge in [-0.15, -0.1) is 12.4 Å². The molecule has 1 aliphatic heterocycles. The summed E-state index contributed by atoms with van der Waals surface area (Å²) in [6.07, 6.45) is 4.43. The zero-order chi connectivity index (χ0) is 15.5. The molecule has 0 amide bonds. The molecular weight excluding hydrogens is 322 g/mol. The van der Waals surface area contributed by atoms with Gasteiger partial charge in [0.15, 0.2) is 0 Å².